The van der Waals surface area contributed by atoms with Crippen molar-refractivity contribution in [1.82, 2.24) is 9.88 Å². The van der Waals surface area contributed by atoms with Gasteiger partial charge in [-0.2, -0.15) is 0 Å². The number of nitrogens with zero attached hydrogens (tertiary/aromatic N) is 2. The van der Waals surface area contributed by atoms with Crippen LogP contribution < -0.4 is 5.73 Å². The lowest BCUT2D eigenvalue weighted by Crippen LogP contribution is -2.30. The molecule has 96 valence electrons. The van der Waals surface area contributed by atoms with Gasteiger partial charge in [0, 0.05) is 38.5 Å². The maximum atomic E-state index is 5.53. The topological polar surface area (TPSA) is 51.4 Å². The highest BCUT2D eigenvalue weighted by atomic mass is 32.1. The van der Waals surface area contributed by atoms with Crippen LogP contribution in [0.15, 0.2) is 5.38 Å². The third-order valence-electron chi connectivity index (χ3n) is 2.34. The van der Waals surface area contributed by atoms with Gasteiger partial charge in [-0.25, -0.2) is 4.98 Å². The molecule has 0 radical (unpaired) electrons. The fraction of sp³-hybridized carbons (Fsp3) is 0.636. The molecular weight excluding hydrogens is 254 g/mol. The van der Waals surface area contributed by atoms with Crippen molar-refractivity contribution in [1.29, 1.82) is 0 Å². The van der Waals surface area contributed by atoms with Gasteiger partial charge in [0.05, 0.1) is 22.3 Å². The highest BCUT2D eigenvalue weighted by Crippen LogP contribution is 2.10. The van der Waals surface area contributed by atoms with Crippen LogP contribution in [0.25, 0.3) is 0 Å². The van der Waals surface area contributed by atoms with Gasteiger partial charge in [-0.05, 0) is 6.92 Å². The third kappa shape index (κ3) is 6.07. The van der Waals surface area contributed by atoms with Crippen LogP contribution in [0.2, 0.25) is 0 Å². The minimum atomic E-state index is 0.557. The molecule has 0 bridgehead atoms. The number of methoxy groups -OCH3 is 1. The Balaban J connectivity index is 2.47. The summed E-state index contributed by atoms with van der Waals surface area (Å²) >= 11 is 6.58. The van der Waals surface area contributed by atoms with Crippen molar-refractivity contribution in [2.24, 2.45) is 5.73 Å². The molecular formula is C11H19N3OS2. The second-order valence-corrected chi connectivity index (χ2v) is 5.43. The number of nitrogens with two attached hydrogens (primary N) is 1. The maximum Gasteiger partial charge on any atom is 0.0897 e. The number of aryl methyl sites for hydroxylation is 1. The average molecular weight is 273 g/mol. The number of hydrogen-bond donors (Lipinski definition) is 1. The first-order valence-electron chi connectivity index (χ1n) is 5.52. The molecule has 0 amide bonds. The fourth-order valence-corrected chi connectivity index (χ4v) is 2.16. The Kier molecular flexibility index (Phi) is 6.57. The quantitative estimate of drug-likeness (QED) is 0.729. The van der Waals surface area contributed by atoms with Crippen molar-refractivity contribution in [2.75, 3.05) is 26.8 Å². The molecule has 0 aromatic carbocycles. The highest BCUT2D eigenvalue weighted by molar-refractivity contribution is 7.80. The molecule has 6 heteroatoms. The zero-order chi connectivity index (χ0) is 12.7. The van der Waals surface area contributed by atoms with Gasteiger partial charge < -0.3 is 10.5 Å². The number of ether oxygens (including phenoxy) is 1. The molecule has 1 aromatic rings. The number of hydrogen-bond acceptors (Lipinski definition) is 5. The molecule has 2 N–H and O–H groups in total. The van der Waals surface area contributed by atoms with Gasteiger partial charge >= 0.3 is 0 Å². The number of thiocarbonyl (C=S) groups is 1. The average Bonchev–Trinajstić information content (AvgIpc) is 2.68. The molecule has 0 spiro atoms. The highest BCUT2D eigenvalue weighted by Gasteiger charge is 2.08. The Morgan fingerprint density at radius 3 is 2.88 bits per heavy atom. The van der Waals surface area contributed by atoms with Gasteiger partial charge in [0.2, 0.25) is 0 Å². The van der Waals surface area contributed by atoms with Crippen molar-refractivity contribution in [2.45, 2.75) is 19.9 Å². The number of rotatable bonds is 8. The summed E-state index contributed by atoms with van der Waals surface area (Å²) in [5.74, 6) is 0. The Bertz CT molecular complexity index is 354. The van der Waals surface area contributed by atoms with Gasteiger partial charge in [0.15, 0.2) is 0 Å². The molecule has 0 aliphatic carbocycles. The van der Waals surface area contributed by atoms with Gasteiger partial charge in [0.25, 0.3) is 0 Å². The first-order chi connectivity index (χ1) is 8.11. The van der Waals surface area contributed by atoms with Crippen LogP contribution >= 0.6 is 23.6 Å². The summed E-state index contributed by atoms with van der Waals surface area (Å²) in [7, 11) is 1.71. The molecule has 0 saturated heterocycles. The SMILES string of the molecule is COCCN(CCC(N)=S)Cc1csc(C)n1. The lowest BCUT2D eigenvalue weighted by Gasteiger charge is -2.20. The number of aromatic nitrogens is 1. The van der Waals surface area contributed by atoms with Crippen LogP contribution in [0.5, 0.6) is 0 Å². The molecule has 1 aromatic heterocycles. The van der Waals surface area contributed by atoms with E-state index in [0.29, 0.717) is 11.6 Å². The summed E-state index contributed by atoms with van der Waals surface area (Å²) in [6.45, 7) is 5.28. The van der Waals surface area contributed by atoms with Gasteiger partial charge in [-0.15, -0.1) is 11.3 Å². The van der Waals surface area contributed by atoms with Crippen LogP contribution in [0.3, 0.4) is 0 Å². The smallest absolute Gasteiger partial charge is 0.0897 e. The summed E-state index contributed by atoms with van der Waals surface area (Å²) < 4.78 is 5.10. The molecule has 0 aliphatic heterocycles. The van der Waals surface area contributed by atoms with E-state index >= 15 is 0 Å². The molecule has 0 aliphatic rings. The Morgan fingerprint density at radius 1 is 1.59 bits per heavy atom. The van der Waals surface area contributed by atoms with Crippen molar-refractivity contribution in [3.05, 3.63) is 16.1 Å². The second kappa shape index (κ2) is 7.71. The molecule has 0 fully saturated rings. The largest absolute Gasteiger partial charge is 0.393 e. The first-order valence-corrected chi connectivity index (χ1v) is 6.81. The van der Waals surface area contributed by atoms with E-state index in [4.69, 9.17) is 22.7 Å². The van der Waals surface area contributed by atoms with E-state index in [0.717, 1.165) is 36.8 Å². The Hall–Kier alpha value is -0.560. The van der Waals surface area contributed by atoms with Gasteiger partial charge in [-0.1, -0.05) is 12.2 Å². The van der Waals surface area contributed by atoms with Crippen LogP contribution in [-0.2, 0) is 11.3 Å². The van der Waals surface area contributed by atoms with E-state index in [2.05, 4.69) is 15.3 Å². The van der Waals surface area contributed by atoms with E-state index in [1.54, 1.807) is 18.4 Å². The summed E-state index contributed by atoms with van der Waals surface area (Å²) in [4.78, 5) is 7.28. The van der Waals surface area contributed by atoms with Crippen molar-refractivity contribution in [3.63, 3.8) is 0 Å². The van der Waals surface area contributed by atoms with E-state index < -0.39 is 0 Å². The second-order valence-electron chi connectivity index (χ2n) is 3.84. The number of thiazole rings is 1. The van der Waals surface area contributed by atoms with Crippen molar-refractivity contribution >= 4 is 28.5 Å². The van der Waals surface area contributed by atoms with Crippen LogP contribution in [0.4, 0.5) is 0 Å². The lowest BCUT2D eigenvalue weighted by molar-refractivity contribution is 0.145. The van der Waals surface area contributed by atoms with Gasteiger partial charge in [-0.3, -0.25) is 4.90 Å². The van der Waals surface area contributed by atoms with Crippen molar-refractivity contribution in [3.8, 4) is 0 Å². The normalized spacial score (nSPS) is 11.0. The Labute approximate surface area is 112 Å². The minimum absolute atomic E-state index is 0.557. The monoisotopic (exact) mass is 273 g/mol. The van der Waals surface area contributed by atoms with Crippen LogP contribution in [0, 0.1) is 6.92 Å². The van der Waals surface area contributed by atoms with E-state index in [-0.39, 0.29) is 0 Å². The van der Waals surface area contributed by atoms with Crippen LogP contribution in [-0.4, -0.2) is 41.7 Å². The molecule has 0 atom stereocenters. The molecule has 17 heavy (non-hydrogen) atoms. The standard InChI is InChI=1S/C11H19N3OS2/c1-9-13-10(8-17-9)7-14(5-6-15-2)4-3-11(12)16/h8H,3-7H2,1-2H3,(H2,12,16). The Morgan fingerprint density at radius 2 is 2.35 bits per heavy atom. The summed E-state index contributed by atoms with van der Waals surface area (Å²) in [5, 5.41) is 3.19. The summed E-state index contributed by atoms with van der Waals surface area (Å²) in [5.41, 5.74) is 6.63. The van der Waals surface area contributed by atoms with E-state index in [1.165, 1.54) is 0 Å². The molecule has 0 saturated carbocycles. The lowest BCUT2D eigenvalue weighted by atomic mass is 10.3. The molecule has 1 heterocycles. The van der Waals surface area contributed by atoms with Crippen LogP contribution in [0.1, 0.15) is 17.1 Å². The maximum absolute atomic E-state index is 5.53. The van der Waals surface area contributed by atoms with Gasteiger partial charge in [0.1, 0.15) is 0 Å². The predicted molar refractivity (Wildman–Crippen MR) is 75.4 cm³/mol. The van der Waals surface area contributed by atoms with E-state index in [1.807, 2.05) is 6.92 Å². The fourth-order valence-electron chi connectivity index (χ4n) is 1.47. The molecule has 0 unspecified atom stereocenters. The summed E-state index contributed by atoms with van der Waals surface area (Å²) in [6, 6.07) is 0. The first kappa shape index (κ1) is 14.5. The minimum Gasteiger partial charge on any atom is -0.393 e. The third-order valence-corrected chi connectivity index (χ3v) is 3.36. The van der Waals surface area contributed by atoms with E-state index in [9.17, 15) is 0 Å². The summed E-state index contributed by atoms with van der Waals surface area (Å²) in [6.07, 6.45) is 0.738. The molecule has 4 nitrogen and oxygen atoms in total. The zero-order valence-corrected chi connectivity index (χ0v) is 11.9. The zero-order valence-electron chi connectivity index (χ0n) is 10.3. The molecule has 1 rings (SSSR count). The predicted octanol–water partition coefficient (Wildman–Crippen LogP) is 1.58. The van der Waals surface area contributed by atoms with Crippen molar-refractivity contribution < 1.29 is 4.74 Å².